The molecule has 3 aromatic rings. The zero-order valence-corrected chi connectivity index (χ0v) is 19.9. The summed E-state index contributed by atoms with van der Waals surface area (Å²) in [7, 11) is 1.74. The number of nitriles is 1. The second-order valence-electron chi connectivity index (χ2n) is 8.11. The smallest absolute Gasteiger partial charge is 0.320 e. The molecule has 2 aliphatic rings. The number of carbonyl (C=O) groups excluding carboxylic acids is 1. The number of aliphatic imine (C=N–C) groups is 1. The first-order valence-corrected chi connectivity index (χ1v) is 11.9. The van der Waals surface area contributed by atoms with E-state index in [4.69, 9.17) is 21.9 Å². The molecule has 0 N–H and O–H groups in total. The van der Waals surface area contributed by atoms with Gasteiger partial charge in [0.15, 0.2) is 5.82 Å². The zero-order chi connectivity index (χ0) is 23.1. The van der Waals surface area contributed by atoms with Gasteiger partial charge in [0.2, 0.25) is 0 Å². The SMILES string of the molecule is Cc1nnc2n1-c1sc3c(c1C(c1ccccc1Cl)=NC2)CCN(C(=O)N(C)CCC#N)C3. The van der Waals surface area contributed by atoms with E-state index in [1.807, 2.05) is 36.1 Å². The summed E-state index contributed by atoms with van der Waals surface area (Å²) < 4.78 is 2.08. The van der Waals surface area contributed by atoms with Crippen LogP contribution in [0.4, 0.5) is 4.79 Å². The van der Waals surface area contributed by atoms with Crippen LogP contribution in [0, 0.1) is 18.3 Å². The van der Waals surface area contributed by atoms with Gasteiger partial charge in [-0.1, -0.05) is 29.8 Å². The van der Waals surface area contributed by atoms with E-state index >= 15 is 0 Å². The number of rotatable bonds is 3. The van der Waals surface area contributed by atoms with Crippen molar-refractivity contribution in [3.63, 3.8) is 0 Å². The van der Waals surface area contributed by atoms with Crippen molar-refractivity contribution < 1.29 is 4.79 Å². The lowest BCUT2D eigenvalue weighted by molar-refractivity contribution is 0.159. The van der Waals surface area contributed by atoms with Gasteiger partial charge in [-0.05, 0) is 25.0 Å². The molecule has 2 aliphatic heterocycles. The van der Waals surface area contributed by atoms with Crippen molar-refractivity contribution in [2.24, 2.45) is 4.99 Å². The summed E-state index contributed by atoms with van der Waals surface area (Å²) in [6.45, 7) is 3.92. The molecule has 33 heavy (non-hydrogen) atoms. The topological polar surface area (TPSA) is 90.4 Å². The van der Waals surface area contributed by atoms with Crippen LogP contribution in [0.1, 0.15) is 39.6 Å². The van der Waals surface area contributed by atoms with E-state index in [0.717, 1.165) is 44.8 Å². The maximum absolute atomic E-state index is 12.9. The van der Waals surface area contributed by atoms with Crippen LogP contribution in [-0.2, 0) is 19.5 Å². The molecule has 0 unspecified atom stereocenters. The van der Waals surface area contributed by atoms with Crippen LogP contribution in [0.25, 0.3) is 5.00 Å². The van der Waals surface area contributed by atoms with Crippen molar-refractivity contribution in [1.29, 1.82) is 5.26 Å². The van der Waals surface area contributed by atoms with Crippen LogP contribution < -0.4 is 0 Å². The highest BCUT2D eigenvalue weighted by molar-refractivity contribution is 7.15. The monoisotopic (exact) mass is 479 g/mol. The molecule has 4 heterocycles. The summed E-state index contributed by atoms with van der Waals surface area (Å²) in [5.41, 5.74) is 4.03. The van der Waals surface area contributed by atoms with Crippen LogP contribution >= 0.6 is 22.9 Å². The van der Waals surface area contributed by atoms with Gasteiger partial charge < -0.3 is 9.80 Å². The minimum atomic E-state index is -0.0549. The number of thiophene rings is 1. The van der Waals surface area contributed by atoms with Gasteiger partial charge in [0.25, 0.3) is 0 Å². The standard InChI is InChI=1S/C23H22ClN7OS/c1-14-27-28-19-12-26-21(15-6-3-4-7-17(15)24)20-16-8-11-30(23(32)29(2)10-5-9-25)13-18(16)33-22(20)31(14)19/h3-4,6-7H,5,8,10-13H2,1-2H3. The second kappa shape index (κ2) is 8.61. The number of hydrogen-bond donors (Lipinski definition) is 0. The lowest BCUT2D eigenvalue weighted by Crippen LogP contribution is -2.43. The average Bonchev–Trinajstić information content (AvgIpc) is 3.32. The Hall–Kier alpha value is -3.22. The summed E-state index contributed by atoms with van der Waals surface area (Å²) in [6.07, 6.45) is 1.04. The summed E-state index contributed by atoms with van der Waals surface area (Å²) in [5.74, 6) is 1.60. The van der Waals surface area contributed by atoms with Crippen LogP contribution in [0.2, 0.25) is 5.02 Å². The Balaban J connectivity index is 1.59. The minimum absolute atomic E-state index is 0.0549. The molecule has 8 nitrogen and oxygen atoms in total. The molecule has 2 amide bonds. The predicted octanol–water partition coefficient (Wildman–Crippen LogP) is 3.97. The fourth-order valence-electron chi connectivity index (χ4n) is 4.38. The van der Waals surface area contributed by atoms with E-state index in [1.54, 1.807) is 23.3 Å². The number of carbonyl (C=O) groups is 1. The lowest BCUT2D eigenvalue weighted by Gasteiger charge is -2.31. The van der Waals surface area contributed by atoms with Gasteiger partial charge in [0.1, 0.15) is 17.4 Å². The van der Waals surface area contributed by atoms with Gasteiger partial charge in [0, 0.05) is 41.2 Å². The lowest BCUT2D eigenvalue weighted by atomic mass is 9.95. The maximum Gasteiger partial charge on any atom is 0.320 e. The first kappa shape index (κ1) is 21.6. The van der Waals surface area contributed by atoms with E-state index in [1.165, 1.54) is 5.56 Å². The van der Waals surface area contributed by atoms with Crippen LogP contribution in [-0.4, -0.2) is 56.4 Å². The number of hydrogen-bond acceptors (Lipinski definition) is 6. The molecular weight excluding hydrogens is 458 g/mol. The van der Waals surface area contributed by atoms with Gasteiger partial charge in [-0.2, -0.15) is 5.26 Å². The number of urea groups is 1. The summed E-state index contributed by atoms with van der Waals surface area (Å²) in [5, 5.41) is 19.2. The molecule has 10 heteroatoms. The Bertz CT molecular complexity index is 1320. The Morgan fingerprint density at radius 2 is 2.15 bits per heavy atom. The van der Waals surface area contributed by atoms with E-state index in [9.17, 15) is 4.79 Å². The third-order valence-corrected chi connectivity index (χ3v) is 7.57. The summed E-state index contributed by atoms with van der Waals surface area (Å²) >= 11 is 8.25. The fraction of sp³-hybridized carbons (Fsp3) is 0.348. The van der Waals surface area contributed by atoms with E-state index in [0.29, 0.717) is 37.6 Å². The minimum Gasteiger partial charge on any atom is -0.327 e. The van der Waals surface area contributed by atoms with Crippen molar-refractivity contribution in [2.75, 3.05) is 20.1 Å². The van der Waals surface area contributed by atoms with Crippen molar-refractivity contribution in [2.45, 2.75) is 32.9 Å². The number of fused-ring (bicyclic) bond motifs is 5. The molecule has 0 fully saturated rings. The van der Waals surface area contributed by atoms with Gasteiger partial charge >= 0.3 is 6.03 Å². The summed E-state index contributed by atoms with van der Waals surface area (Å²) in [4.78, 5) is 22.5. The zero-order valence-electron chi connectivity index (χ0n) is 18.4. The molecule has 2 aromatic heterocycles. The van der Waals surface area contributed by atoms with E-state index in [-0.39, 0.29) is 6.03 Å². The van der Waals surface area contributed by atoms with Gasteiger partial charge in [-0.25, -0.2) is 4.79 Å². The quantitative estimate of drug-likeness (QED) is 0.568. The first-order valence-electron chi connectivity index (χ1n) is 10.7. The Morgan fingerprint density at radius 1 is 1.33 bits per heavy atom. The largest absolute Gasteiger partial charge is 0.327 e. The van der Waals surface area contributed by atoms with Crippen LogP contribution in [0.3, 0.4) is 0 Å². The number of nitrogens with zero attached hydrogens (tertiary/aromatic N) is 7. The third kappa shape index (κ3) is 3.69. The highest BCUT2D eigenvalue weighted by Crippen LogP contribution is 2.40. The number of aryl methyl sites for hydroxylation is 1. The third-order valence-electron chi connectivity index (χ3n) is 6.03. The van der Waals surface area contributed by atoms with Gasteiger partial charge in [-0.3, -0.25) is 9.56 Å². The predicted molar refractivity (Wildman–Crippen MR) is 127 cm³/mol. The van der Waals surface area contributed by atoms with E-state index < -0.39 is 0 Å². The molecule has 0 radical (unpaired) electrons. The molecule has 0 saturated heterocycles. The summed E-state index contributed by atoms with van der Waals surface area (Å²) in [6, 6.07) is 9.81. The number of benzene rings is 1. The van der Waals surface area contributed by atoms with Gasteiger partial charge in [-0.15, -0.1) is 21.5 Å². The molecule has 0 saturated carbocycles. The molecule has 0 bridgehead atoms. The van der Waals surface area contributed by atoms with Crippen LogP contribution in [0.15, 0.2) is 29.3 Å². The highest BCUT2D eigenvalue weighted by atomic mass is 35.5. The Morgan fingerprint density at radius 3 is 2.94 bits per heavy atom. The van der Waals surface area contributed by atoms with Crippen molar-refractivity contribution in [3.05, 3.63) is 62.5 Å². The molecule has 1 aromatic carbocycles. The highest BCUT2D eigenvalue weighted by Gasteiger charge is 2.33. The Labute approximate surface area is 200 Å². The molecule has 168 valence electrons. The van der Waals surface area contributed by atoms with Crippen molar-refractivity contribution in [3.8, 4) is 11.1 Å². The average molecular weight is 480 g/mol. The molecule has 0 aliphatic carbocycles. The van der Waals surface area contributed by atoms with Crippen molar-refractivity contribution in [1.82, 2.24) is 24.6 Å². The second-order valence-corrected chi connectivity index (χ2v) is 9.60. The van der Waals surface area contributed by atoms with Crippen molar-refractivity contribution >= 4 is 34.7 Å². The first-order chi connectivity index (χ1) is 16.0. The molecule has 0 atom stereocenters. The van der Waals surface area contributed by atoms with Gasteiger partial charge in [0.05, 0.1) is 24.7 Å². The molecule has 5 rings (SSSR count). The molecule has 0 spiro atoms. The maximum atomic E-state index is 12.9. The van der Waals surface area contributed by atoms with Crippen LogP contribution in [0.5, 0.6) is 0 Å². The number of halogens is 1. The fourth-order valence-corrected chi connectivity index (χ4v) is 6.04. The van der Waals surface area contributed by atoms with E-state index in [2.05, 4.69) is 20.8 Å². The normalized spacial score (nSPS) is 14.5. The molecular formula is C23H22ClN7OS. The number of amides is 2. The Kier molecular flexibility index (Phi) is 5.64. The number of aromatic nitrogens is 3.